The number of hydrogen-bond donors (Lipinski definition) is 4. The molecule has 1 saturated heterocycles. The first-order chi connectivity index (χ1) is 25.6. The second kappa shape index (κ2) is 22.2. The van der Waals surface area contributed by atoms with E-state index in [1.165, 1.54) is 26.3 Å². The fourth-order valence-electron chi connectivity index (χ4n) is 5.03. The number of hydroxylamine groups is 2. The van der Waals surface area contributed by atoms with Gasteiger partial charge in [0, 0.05) is 33.2 Å². The summed E-state index contributed by atoms with van der Waals surface area (Å²) in [5, 5.41) is 24.5. The number of ether oxygens (including phenoxy) is 4. The van der Waals surface area contributed by atoms with Gasteiger partial charge in [0.1, 0.15) is 12.4 Å². The fourth-order valence-corrected chi connectivity index (χ4v) is 5.03. The molecule has 296 valence electrons. The molecular formula is C38H53N5O11. The lowest BCUT2D eigenvalue weighted by Crippen LogP contribution is -2.64. The Labute approximate surface area is 315 Å². The smallest absolute Gasteiger partial charge is 0.331 e. The van der Waals surface area contributed by atoms with Crippen molar-refractivity contribution in [2.24, 2.45) is 5.41 Å². The highest BCUT2D eigenvalue weighted by molar-refractivity contribution is 5.95. The van der Waals surface area contributed by atoms with Crippen molar-refractivity contribution in [3.05, 3.63) is 96.5 Å². The predicted molar refractivity (Wildman–Crippen MR) is 199 cm³/mol. The van der Waals surface area contributed by atoms with Crippen LogP contribution in [0.25, 0.3) is 0 Å². The highest BCUT2D eigenvalue weighted by atomic mass is 16.8. The van der Waals surface area contributed by atoms with Crippen molar-refractivity contribution in [3.63, 3.8) is 0 Å². The van der Waals surface area contributed by atoms with Gasteiger partial charge in [0.25, 0.3) is 23.6 Å². The number of amides is 3. The Morgan fingerprint density at radius 2 is 1.74 bits per heavy atom. The van der Waals surface area contributed by atoms with Crippen LogP contribution in [0.5, 0.6) is 0 Å². The highest BCUT2D eigenvalue weighted by Gasteiger charge is 2.55. The number of aliphatic hydroxyl groups excluding tert-OH is 1. The summed E-state index contributed by atoms with van der Waals surface area (Å²) in [5.74, 6) is -2.31. The van der Waals surface area contributed by atoms with Crippen LogP contribution in [0.3, 0.4) is 0 Å². The van der Waals surface area contributed by atoms with Gasteiger partial charge in [-0.3, -0.25) is 19.6 Å². The number of nitrogens with two attached hydrogens (primary N) is 1. The molecule has 16 heteroatoms. The number of methoxy groups -OCH3 is 1. The lowest BCUT2D eigenvalue weighted by atomic mass is 9.81. The number of carbonyl (C=O) groups is 4. The van der Waals surface area contributed by atoms with E-state index in [0.29, 0.717) is 17.8 Å². The third-order valence-electron chi connectivity index (χ3n) is 8.26. The monoisotopic (exact) mass is 755 g/mol. The number of oxazole rings is 1. The number of nitrogens with one attached hydrogen (secondary N) is 1. The number of rotatable bonds is 20. The van der Waals surface area contributed by atoms with E-state index >= 15 is 0 Å². The molecule has 0 aliphatic carbocycles. The van der Waals surface area contributed by atoms with Gasteiger partial charge in [0.05, 0.1) is 30.4 Å². The van der Waals surface area contributed by atoms with Crippen molar-refractivity contribution in [2.45, 2.75) is 65.0 Å². The van der Waals surface area contributed by atoms with E-state index in [4.69, 9.17) is 29.1 Å². The summed E-state index contributed by atoms with van der Waals surface area (Å²) in [7, 11) is 2.67. The van der Waals surface area contributed by atoms with Crippen molar-refractivity contribution in [1.29, 1.82) is 0 Å². The molecule has 3 amide bonds. The maximum absolute atomic E-state index is 13.5. The molecule has 4 atom stereocenters. The average molecular weight is 756 g/mol. The van der Waals surface area contributed by atoms with E-state index in [0.717, 1.165) is 11.0 Å². The van der Waals surface area contributed by atoms with Crippen LogP contribution in [0.1, 0.15) is 40.4 Å². The van der Waals surface area contributed by atoms with E-state index in [2.05, 4.69) is 10.3 Å². The normalized spacial score (nSPS) is 18.7. The van der Waals surface area contributed by atoms with Gasteiger partial charge in [-0.2, -0.15) is 5.06 Å². The SMILES string of the molecule is CCOC(=O)C(C(C)OC)N(C)C(=O)C1(N(O)C(=O)C=CC=CC=CC=CCNC(=O)C(C)(C)C(O)C(C)=CC=CC=CCc2cnc(N)o2)COCO1. The molecule has 4 unspecified atom stereocenters. The van der Waals surface area contributed by atoms with Crippen LogP contribution in [0, 0.1) is 5.41 Å². The summed E-state index contributed by atoms with van der Waals surface area (Å²) < 4.78 is 26.1. The Kier molecular flexibility index (Phi) is 18.5. The Hall–Kier alpha value is -5.13. The third-order valence-corrected chi connectivity index (χ3v) is 8.26. The number of nitrogens with zero attached hydrogens (tertiary/aromatic N) is 3. The summed E-state index contributed by atoms with van der Waals surface area (Å²) in [5.41, 5.74) is 2.74. The zero-order chi connectivity index (χ0) is 40.3. The third kappa shape index (κ3) is 12.8. The minimum absolute atomic E-state index is 0.0672. The quantitative estimate of drug-likeness (QED) is 0.0496. The maximum atomic E-state index is 13.5. The number of allylic oxidation sites excluding steroid dienone is 11. The van der Waals surface area contributed by atoms with Crippen LogP contribution >= 0.6 is 0 Å². The summed E-state index contributed by atoms with van der Waals surface area (Å²) in [6.45, 7) is 7.69. The Morgan fingerprint density at radius 1 is 1.09 bits per heavy atom. The van der Waals surface area contributed by atoms with Gasteiger partial charge in [0.15, 0.2) is 12.8 Å². The van der Waals surface area contributed by atoms with Gasteiger partial charge in [-0.05, 0) is 40.2 Å². The highest BCUT2D eigenvalue weighted by Crippen LogP contribution is 2.28. The standard InChI is InChI=1S/C38H53N5O11/c1-8-52-33(46)31(28(3)50-7)42(6)35(48)38(25-51-26-53-38)43(49)30(44)22-18-12-10-9-11-15-19-23-40-34(47)37(4,5)32(45)27(2)20-16-13-14-17-21-29-24-41-36(39)54-29/h9-20,22,24,28,31-32,45,49H,8,21,23,25-26H2,1-7H3,(H2,39,41)(H,40,47). The lowest BCUT2D eigenvalue weighted by Gasteiger charge is -2.38. The molecule has 5 N–H and O–H groups in total. The molecule has 0 saturated carbocycles. The first-order valence-electron chi connectivity index (χ1n) is 17.2. The Bertz CT molecular complexity index is 1620. The molecular weight excluding hydrogens is 702 g/mol. The largest absolute Gasteiger partial charge is 0.464 e. The van der Waals surface area contributed by atoms with Crippen LogP contribution < -0.4 is 11.1 Å². The van der Waals surface area contributed by atoms with Crippen molar-refractivity contribution < 1.29 is 52.9 Å². The van der Waals surface area contributed by atoms with Gasteiger partial charge in [-0.15, -0.1) is 0 Å². The van der Waals surface area contributed by atoms with E-state index in [1.54, 1.807) is 89.4 Å². The number of aromatic nitrogens is 1. The molecule has 1 aliphatic rings. The van der Waals surface area contributed by atoms with Crippen molar-refractivity contribution in [3.8, 4) is 0 Å². The summed E-state index contributed by atoms with van der Waals surface area (Å²) in [4.78, 5) is 56.7. The zero-order valence-corrected chi connectivity index (χ0v) is 31.8. The van der Waals surface area contributed by atoms with Crippen molar-refractivity contribution >= 4 is 29.7 Å². The molecule has 16 nitrogen and oxygen atoms in total. The maximum Gasteiger partial charge on any atom is 0.331 e. The number of nitrogen functional groups attached to an aromatic ring is 1. The number of anilines is 1. The van der Waals surface area contributed by atoms with Gasteiger partial charge in [0.2, 0.25) is 5.91 Å². The lowest BCUT2D eigenvalue weighted by molar-refractivity contribution is -0.246. The molecule has 1 aromatic rings. The average Bonchev–Trinajstić information content (AvgIpc) is 3.82. The van der Waals surface area contributed by atoms with Crippen LogP contribution in [0.4, 0.5) is 6.01 Å². The second-order valence-corrected chi connectivity index (χ2v) is 12.6. The van der Waals surface area contributed by atoms with E-state index in [1.807, 2.05) is 12.2 Å². The topological polar surface area (TPSA) is 216 Å². The van der Waals surface area contributed by atoms with Crippen LogP contribution in [0.2, 0.25) is 0 Å². The molecule has 1 aromatic heterocycles. The molecule has 0 bridgehead atoms. The zero-order valence-electron chi connectivity index (χ0n) is 31.8. The molecule has 54 heavy (non-hydrogen) atoms. The van der Waals surface area contributed by atoms with Gasteiger partial charge >= 0.3 is 5.97 Å². The van der Waals surface area contributed by atoms with Crippen LogP contribution in [-0.4, -0.2) is 114 Å². The first-order valence-corrected chi connectivity index (χ1v) is 17.2. The molecule has 0 radical (unpaired) electrons. The minimum Gasteiger partial charge on any atom is -0.464 e. The molecule has 1 fully saturated rings. The number of carbonyl (C=O) groups excluding carboxylic acids is 4. The number of hydrogen-bond acceptors (Lipinski definition) is 13. The van der Waals surface area contributed by atoms with Crippen LogP contribution in [-0.2, 0) is 44.5 Å². The first kappa shape index (κ1) is 45.0. The van der Waals surface area contributed by atoms with Crippen molar-refractivity contribution in [2.75, 3.05) is 46.4 Å². The van der Waals surface area contributed by atoms with Crippen molar-refractivity contribution in [1.82, 2.24) is 20.3 Å². The van der Waals surface area contributed by atoms with Gasteiger partial charge in [-0.1, -0.05) is 72.9 Å². The second-order valence-electron chi connectivity index (χ2n) is 12.6. The van der Waals surface area contributed by atoms with Gasteiger partial charge < -0.3 is 44.4 Å². The molecule has 1 aliphatic heterocycles. The minimum atomic E-state index is -2.24. The van der Waals surface area contributed by atoms with E-state index < -0.39 is 53.8 Å². The molecule has 2 heterocycles. The van der Waals surface area contributed by atoms with Crippen LogP contribution in [0.15, 0.2) is 95.2 Å². The predicted octanol–water partition coefficient (Wildman–Crippen LogP) is 2.93. The molecule has 2 rings (SSSR count). The number of likely N-dealkylation sites (N-methyl/N-ethyl adjacent to an activating group) is 1. The Balaban J connectivity index is 1.87. The summed E-state index contributed by atoms with van der Waals surface area (Å²) in [6.07, 6.45) is 21.6. The Morgan fingerprint density at radius 3 is 2.35 bits per heavy atom. The molecule has 0 spiro atoms. The summed E-state index contributed by atoms with van der Waals surface area (Å²) >= 11 is 0. The summed E-state index contributed by atoms with van der Waals surface area (Å²) in [6, 6.07) is -1.07. The number of esters is 1. The fraction of sp³-hybridized carbons (Fsp3) is 0.447. The van der Waals surface area contributed by atoms with E-state index in [9.17, 15) is 29.5 Å². The molecule has 0 aromatic carbocycles. The van der Waals surface area contributed by atoms with E-state index in [-0.39, 0.29) is 36.9 Å². The van der Waals surface area contributed by atoms with Gasteiger partial charge in [-0.25, -0.2) is 9.78 Å². The number of aliphatic hydroxyl groups is 1.